The molecule has 0 fully saturated rings. The van der Waals surface area contributed by atoms with E-state index in [0.29, 0.717) is 8.95 Å². The minimum Gasteiger partial charge on any atom is -0.287 e. The highest BCUT2D eigenvalue weighted by atomic mass is 79.9. The van der Waals surface area contributed by atoms with Crippen molar-refractivity contribution in [3.63, 3.8) is 0 Å². The normalized spacial score (nSPS) is 9.73. The Balaban J connectivity index is 3.57. The van der Waals surface area contributed by atoms with E-state index in [1.165, 1.54) is 0 Å². The molecule has 11 heavy (non-hydrogen) atoms. The highest BCUT2D eigenvalue weighted by Gasteiger charge is 1.97. The van der Waals surface area contributed by atoms with Crippen molar-refractivity contribution < 1.29 is 0 Å². The average Bonchev–Trinajstić information content (AvgIpc) is 2.05. The van der Waals surface area contributed by atoms with Crippen LogP contribution in [0.15, 0.2) is 31.9 Å². The van der Waals surface area contributed by atoms with Crippen molar-refractivity contribution in [2.45, 2.75) is 6.92 Å². The van der Waals surface area contributed by atoms with E-state index in [1.807, 2.05) is 13.0 Å². The molecule has 1 nitrogen and oxygen atoms in total. The molecular formula is C8H6Br2O. The van der Waals surface area contributed by atoms with Crippen LogP contribution in [0.25, 0.3) is 0 Å². The van der Waals surface area contributed by atoms with Gasteiger partial charge in [0.15, 0.2) is 0 Å². The third-order valence-corrected chi connectivity index (χ3v) is 2.49. The molecule has 0 aliphatic heterocycles. The van der Waals surface area contributed by atoms with Crippen LogP contribution in [0.2, 0.25) is 0 Å². The van der Waals surface area contributed by atoms with Gasteiger partial charge in [0.2, 0.25) is 5.43 Å². The van der Waals surface area contributed by atoms with Crippen molar-refractivity contribution in [3.05, 3.63) is 42.9 Å². The number of halogens is 2. The van der Waals surface area contributed by atoms with Crippen LogP contribution in [-0.2, 0) is 0 Å². The Morgan fingerprint density at radius 2 is 1.82 bits per heavy atom. The number of hydrogen-bond acceptors (Lipinski definition) is 1. The number of hydrogen-bond donors (Lipinski definition) is 0. The monoisotopic (exact) mass is 276 g/mol. The van der Waals surface area contributed by atoms with E-state index in [4.69, 9.17) is 0 Å². The molecule has 0 N–H and O–H groups in total. The first-order valence-electron chi connectivity index (χ1n) is 3.07. The quantitative estimate of drug-likeness (QED) is 0.713. The van der Waals surface area contributed by atoms with Crippen LogP contribution in [0, 0.1) is 6.92 Å². The summed E-state index contributed by atoms with van der Waals surface area (Å²) in [4.78, 5) is 11.2. The predicted molar refractivity (Wildman–Crippen MR) is 52.8 cm³/mol. The summed E-state index contributed by atoms with van der Waals surface area (Å²) >= 11 is 6.35. The Morgan fingerprint density at radius 3 is 2.45 bits per heavy atom. The van der Waals surface area contributed by atoms with Crippen LogP contribution in [0.1, 0.15) is 5.56 Å². The van der Waals surface area contributed by atoms with E-state index >= 15 is 0 Å². The van der Waals surface area contributed by atoms with Gasteiger partial charge in [0.25, 0.3) is 0 Å². The molecule has 0 aliphatic rings. The maximum absolute atomic E-state index is 11.2. The van der Waals surface area contributed by atoms with Gasteiger partial charge in [-0.1, -0.05) is 6.07 Å². The van der Waals surface area contributed by atoms with E-state index in [0.717, 1.165) is 5.56 Å². The number of aryl methyl sites for hydroxylation is 1. The van der Waals surface area contributed by atoms with Gasteiger partial charge < -0.3 is 0 Å². The summed E-state index contributed by atoms with van der Waals surface area (Å²) in [5.41, 5.74) is 1.04. The van der Waals surface area contributed by atoms with Gasteiger partial charge in [0, 0.05) is 0 Å². The number of rotatable bonds is 0. The lowest BCUT2D eigenvalue weighted by Crippen LogP contribution is -1.97. The van der Waals surface area contributed by atoms with Gasteiger partial charge >= 0.3 is 0 Å². The molecule has 0 aliphatic carbocycles. The van der Waals surface area contributed by atoms with Crippen LogP contribution in [0.4, 0.5) is 0 Å². The highest BCUT2D eigenvalue weighted by molar-refractivity contribution is 9.11. The smallest absolute Gasteiger partial charge is 0.206 e. The molecule has 0 saturated heterocycles. The van der Waals surface area contributed by atoms with Gasteiger partial charge in [-0.15, -0.1) is 0 Å². The van der Waals surface area contributed by atoms with Crippen LogP contribution < -0.4 is 5.43 Å². The predicted octanol–water partition coefficient (Wildman–Crippen LogP) is 2.88. The minimum absolute atomic E-state index is 0.0156. The molecule has 0 amide bonds. The molecule has 1 aromatic rings. The third kappa shape index (κ3) is 2.14. The molecule has 1 aromatic carbocycles. The standard InChI is InChI=1S/C8H6Br2O/c1-5-2-3-6(9)8(11)7(10)4-5/h2-4H,1H3. The summed E-state index contributed by atoms with van der Waals surface area (Å²) in [6.07, 6.45) is 0. The van der Waals surface area contributed by atoms with E-state index in [2.05, 4.69) is 31.9 Å². The maximum Gasteiger partial charge on any atom is 0.206 e. The lowest BCUT2D eigenvalue weighted by Gasteiger charge is -1.80. The van der Waals surface area contributed by atoms with Crippen LogP contribution in [0.3, 0.4) is 0 Å². The average molecular weight is 278 g/mol. The summed E-state index contributed by atoms with van der Waals surface area (Å²) in [6.45, 7) is 1.94. The van der Waals surface area contributed by atoms with Crippen molar-refractivity contribution in [1.29, 1.82) is 0 Å². The van der Waals surface area contributed by atoms with Crippen molar-refractivity contribution in [2.75, 3.05) is 0 Å². The fraction of sp³-hybridized carbons (Fsp3) is 0.125. The van der Waals surface area contributed by atoms with Crippen LogP contribution in [0.5, 0.6) is 0 Å². The minimum atomic E-state index is -0.0156. The van der Waals surface area contributed by atoms with Gasteiger partial charge in [-0.3, -0.25) is 4.79 Å². The summed E-state index contributed by atoms with van der Waals surface area (Å²) in [7, 11) is 0. The molecule has 0 aromatic heterocycles. The van der Waals surface area contributed by atoms with Gasteiger partial charge in [-0.2, -0.15) is 0 Å². The first-order chi connectivity index (χ1) is 5.11. The molecule has 1 rings (SSSR count). The van der Waals surface area contributed by atoms with Gasteiger partial charge in [-0.25, -0.2) is 0 Å². The fourth-order valence-electron chi connectivity index (χ4n) is 0.708. The zero-order valence-corrected chi connectivity index (χ0v) is 9.07. The van der Waals surface area contributed by atoms with Crippen molar-refractivity contribution in [1.82, 2.24) is 0 Å². The first kappa shape index (κ1) is 8.94. The molecule has 0 heterocycles. The zero-order chi connectivity index (χ0) is 8.43. The van der Waals surface area contributed by atoms with E-state index in [-0.39, 0.29) is 5.43 Å². The molecule has 0 saturated carbocycles. The van der Waals surface area contributed by atoms with E-state index in [9.17, 15) is 4.79 Å². The molecule has 0 atom stereocenters. The Labute approximate surface area is 81.7 Å². The Kier molecular flexibility index (Phi) is 2.84. The molecule has 3 heteroatoms. The Hall–Kier alpha value is -0.150. The van der Waals surface area contributed by atoms with Crippen molar-refractivity contribution >= 4 is 31.9 Å². The second-order valence-electron chi connectivity index (χ2n) is 2.25. The molecule has 0 spiro atoms. The van der Waals surface area contributed by atoms with Crippen molar-refractivity contribution in [3.8, 4) is 0 Å². The third-order valence-electron chi connectivity index (χ3n) is 1.28. The second kappa shape index (κ2) is 3.50. The Bertz CT molecular complexity index is 333. The summed E-state index contributed by atoms with van der Waals surface area (Å²) in [5, 5.41) is 0. The largest absolute Gasteiger partial charge is 0.287 e. The lowest BCUT2D eigenvalue weighted by atomic mass is 10.3. The molecular weight excluding hydrogens is 272 g/mol. The first-order valence-corrected chi connectivity index (χ1v) is 4.66. The van der Waals surface area contributed by atoms with Gasteiger partial charge in [0.05, 0.1) is 8.95 Å². The van der Waals surface area contributed by atoms with Crippen LogP contribution in [-0.4, -0.2) is 0 Å². The maximum atomic E-state index is 11.2. The van der Waals surface area contributed by atoms with Gasteiger partial charge in [0.1, 0.15) is 0 Å². The second-order valence-corrected chi connectivity index (χ2v) is 3.96. The fourth-order valence-corrected chi connectivity index (χ4v) is 1.89. The van der Waals surface area contributed by atoms with Crippen molar-refractivity contribution in [2.24, 2.45) is 0 Å². The molecule has 58 valence electrons. The lowest BCUT2D eigenvalue weighted by molar-refractivity contribution is 1.49. The topological polar surface area (TPSA) is 17.1 Å². The van der Waals surface area contributed by atoms with E-state index in [1.54, 1.807) is 12.1 Å². The zero-order valence-electron chi connectivity index (χ0n) is 5.90. The summed E-state index contributed by atoms with van der Waals surface area (Å²) < 4.78 is 1.17. The van der Waals surface area contributed by atoms with Crippen LogP contribution >= 0.6 is 31.9 Å². The SMILES string of the molecule is Cc1ccc(Br)c(=O)c(Br)c1. The highest BCUT2D eigenvalue weighted by Crippen LogP contribution is 2.10. The van der Waals surface area contributed by atoms with E-state index < -0.39 is 0 Å². The molecule has 0 radical (unpaired) electrons. The molecule has 0 unspecified atom stereocenters. The summed E-state index contributed by atoms with van der Waals surface area (Å²) in [5.74, 6) is 0. The van der Waals surface area contributed by atoms with Gasteiger partial charge in [-0.05, 0) is 56.5 Å². The summed E-state index contributed by atoms with van der Waals surface area (Å²) in [6, 6.07) is 5.44. The molecule has 0 bridgehead atoms. The Morgan fingerprint density at radius 1 is 1.18 bits per heavy atom.